The van der Waals surface area contributed by atoms with Gasteiger partial charge >= 0.3 is 0 Å². The SMILES string of the molecule is COc1ccc(C(N=[N+]=[N-])C(C)N=[N+]=[N-])cc1. The highest BCUT2D eigenvalue weighted by Gasteiger charge is 2.16. The third kappa shape index (κ3) is 3.31. The molecule has 0 aliphatic carbocycles. The Kier molecular flexibility index (Phi) is 4.69. The zero-order chi connectivity index (χ0) is 12.7. The Morgan fingerprint density at radius 1 is 1.12 bits per heavy atom. The molecule has 0 saturated heterocycles. The van der Waals surface area contributed by atoms with Crippen molar-refractivity contribution < 1.29 is 4.74 Å². The largest absolute Gasteiger partial charge is 0.497 e. The Bertz CT molecular complexity index is 458. The highest BCUT2D eigenvalue weighted by molar-refractivity contribution is 5.30. The summed E-state index contributed by atoms with van der Waals surface area (Å²) in [5, 5.41) is 7.19. The van der Waals surface area contributed by atoms with Gasteiger partial charge in [0, 0.05) is 15.9 Å². The first kappa shape index (κ1) is 12.7. The first-order valence-corrected chi connectivity index (χ1v) is 4.95. The minimum Gasteiger partial charge on any atom is -0.497 e. The number of azide groups is 2. The summed E-state index contributed by atoms with van der Waals surface area (Å²) in [5.41, 5.74) is 17.7. The van der Waals surface area contributed by atoms with Gasteiger partial charge in [-0.1, -0.05) is 29.3 Å². The van der Waals surface area contributed by atoms with Crippen LogP contribution in [0.3, 0.4) is 0 Å². The summed E-state index contributed by atoms with van der Waals surface area (Å²) >= 11 is 0. The van der Waals surface area contributed by atoms with Gasteiger partial charge in [-0.15, -0.1) is 0 Å². The van der Waals surface area contributed by atoms with E-state index in [4.69, 9.17) is 15.8 Å². The molecule has 0 saturated carbocycles. The predicted octanol–water partition coefficient (Wildman–Crippen LogP) is 3.75. The lowest BCUT2D eigenvalue weighted by Gasteiger charge is -2.15. The van der Waals surface area contributed by atoms with Crippen LogP contribution in [0.5, 0.6) is 5.75 Å². The van der Waals surface area contributed by atoms with Crippen LogP contribution in [-0.4, -0.2) is 13.2 Å². The van der Waals surface area contributed by atoms with Crippen molar-refractivity contribution in [1.82, 2.24) is 0 Å². The van der Waals surface area contributed by atoms with Gasteiger partial charge in [0.05, 0.1) is 13.2 Å². The molecule has 0 heterocycles. The lowest BCUT2D eigenvalue weighted by atomic mass is 10.0. The summed E-state index contributed by atoms with van der Waals surface area (Å²) in [6, 6.07) is 6.13. The zero-order valence-electron chi connectivity index (χ0n) is 9.56. The Hall–Kier alpha value is -2.36. The Morgan fingerprint density at radius 2 is 1.71 bits per heavy atom. The molecule has 2 atom stereocenters. The molecule has 0 bridgehead atoms. The van der Waals surface area contributed by atoms with Crippen LogP contribution >= 0.6 is 0 Å². The van der Waals surface area contributed by atoms with Gasteiger partial charge in [-0.2, -0.15) is 0 Å². The first-order chi connectivity index (χ1) is 8.22. The van der Waals surface area contributed by atoms with Gasteiger partial charge in [0.15, 0.2) is 0 Å². The Labute approximate surface area is 98.3 Å². The average molecular weight is 232 g/mol. The van der Waals surface area contributed by atoms with Crippen molar-refractivity contribution in [1.29, 1.82) is 0 Å². The van der Waals surface area contributed by atoms with Gasteiger partial charge in [0.1, 0.15) is 5.75 Å². The molecule has 0 fully saturated rings. The molecule has 0 N–H and O–H groups in total. The van der Waals surface area contributed by atoms with Crippen LogP contribution in [0.2, 0.25) is 0 Å². The second kappa shape index (κ2) is 6.27. The maximum atomic E-state index is 8.51. The maximum absolute atomic E-state index is 8.51. The van der Waals surface area contributed by atoms with E-state index < -0.39 is 12.1 Å². The molecule has 0 aromatic heterocycles. The van der Waals surface area contributed by atoms with Crippen LogP contribution in [0.15, 0.2) is 34.5 Å². The molecule has 0 aliphatic heterocycles. The summed E-state index contributed by atoms with van der Waals surface area (Å²) in [4.78, 5) is 5.48. The van der Waals surface area contributed by atoms with E-state index in [0.717, 1.165) is 5.56 Å². The second-order valence-electron chi connectivity index (χ2n) is 3.37. The van der Waals surface area contributed by atoms with Crippen LogP contribution in [0.25, 0.3) is 20.9 Å². The lowest BCUT2D eigenvalue weighted by molar-refractivity contribution is 0.414. The van der Waals surface area contributed by atoms with E-state index in [1.165, 1.54) is 0 Å². The normalized spacial score (nSPS) is 12.8. The zero-order valence-corrected chi connectivity index (χ0v) is 9.56. The molecule has 17 heavy (non-hydrogen) atoms. The number of rotatable bonds is 5. The van der Waals surface area contributed by atoms with Crippen LogP contribution in [0.4, 0.5) is 0 Å². The summed E-state index contributed by atoms with van der Waals surface area (Å²) in [6.45, 7) is 1.70. The van der Waals surface area contributed by atoms with E-state index in [-0.39, 0.29) is 0 Å². The van der Waals surface area contributed by atoms with Gasteiger partial charge < -0.3 is 4.74 Å². The second-order valence-corrected chi connectivity index (χ2v) is 3.37. The topological polar surface area (TPSA) is 107 Å². The molecule has 7 heteroatoms. The smallest absolute Gasteiger partial charge is 0.118 e. The van der Waals surface area contributed by atoms with Crippen molar-refractivity contribution in [2.45, 2.75) is 19.0 Å². The summed E-state index contributed by atoms with van der Waals surface area (Å²) in [7, 11) is 1.57. The predicted molar refractivity (Wildman–Crippen MR) is 63.5 cm³/mol. The number of methoxy groups -OCH3 is 1. The standard InChI is InChI=1S/C10H12N6O/c1-7(13-15-11)10(14-16-12)8-3-5-9(17-2)6-4-8/h3-7,10H,1-2H3. The van der Waals surface area contributed by atoms with Gasteiger partial charge in [-0.05, 0) is 28.8 Å². The molecule has 1 aromatic rings. The first-order valence-electron chi connectivity index (χ1n) is 4.95. The van der Waals surface area contributed by atoms with E-state index in [1.54, 1.807) is 38.3 Å². The van der Waals surface area contributed by atoms with Crippen molar-refractivity contribution in [2.24, 2.45) is 10.2 Å². The molecule has 0 amide bonds. The Balaban J connectivity index is 3.04. The molecule has 0 radical (unpaired) electrons. The fourth-order valence-electron chi connectivity index (χ4n) is 1.44. The highest BCUT2D eigenvalue weighted by atomic mass is 16.5. The lowest BCUT2D eigenvalue weighted by Crippen LogP contribution is -2.09. The molecule has 2 unspecified atom stereocenters. The average Bonchev–Trinajstić information content (AvgIpc) is 2.36. The number of benzene rings is 1. The molecular formula is C10H12N6O. The number of hydrogen-bond donors (Lipinski definition) is 0. The van der Waals surface area contributed by atoms with E-state index in [1.807, 2.05) is 0 Å². The Morgan fingerprint density at radius 3 is 2.18 bits per heavy atom. The van der Waals surface area contributed by atoms with Gasteiger partial charge in [0.25, 0.3) is 0 Å². The molecule has 1 rings (SSSR count). The molecule has 1 aromatic carbocycles. The quantitative estimate of drug-likeness (QED) is 0.430. The van der Waals surface area contributed by atoms with Gasteiger partial charge in [0.2, 0.25) is 0 Å². The van der Waals surface area contributed by atoms with Crippen molar-refractivity contribution in [3.8, 4) is 5.75 Å². The maximum Gasteiger partial charge on any atom is 0.118 e. The number of ether oxygens (including phenoxy) is 1. The van der Waals surface area contributed by atoms with Crippen LogP contribution in [0.1, 0.15) is 18.5 Å². The fourth-order valence-corrected chi connectivity index (χ4v) is 1.44. The van der Waals surface area contributed by atoms with E-state index in [9.17, 15) is 0 Å². The van der Waals surface area contributed by atoms with Crippen LogP contribution in [0, 0.1) is 0 Å². The van der Waals surface area contributed by atoms with E-state index in [2.05, 4.69) is 20.1 Å². The van der Waals surface area contributed by atoms with E-state index in [0.29, 0.717) is 5.75 Å². The fraction of sp³-hybridized carbons (Fsp3) is 0.400. The molecule has 88 valence electrons. The highest BCUT2D eigenvalue weighted by Crippen LogP contribution is 2.25. The van der Waals surface area contributed by atoms with Gasteiger partial charge in [-0.25, -0.2) is 0 Å². The van der Waals surface area contributed by atoms with Crippen molar-refractivity contribution in [3.05, 3.63) is 50.7 Å². The third-order valence-electron chi connectivity index (χ3n) is 2.32. The molecule has 0 spiro atoms. The number of nitrogens with zero attached hydrogens (tertiary/aromatic N) is 6. The molecular weight excluding hydrogens is 220 g/mol. The summed E-state index contributed by atoms with van der Waals surface area (Å²) in [5.74, 6) is 0.713. The van der Waals surface area contributed by atoms with E-state index >= 15 is 0 Å². The monoisotopic (exact) mass is 232 g/mol. The third-order valence-corrected chi connectivity index (χ3v) is 2.32. The summed E-state index contributed by atoms with van der Waals surface area (Å²) in [6.07, 6.45) is 0. The van der Waals surface area contributed by atoms with Crippen molar-refractivity contribution >= 4 is 0 Å². The minimum absolute atomic E-state index is 0.440. The van der Waals surface area contributed by atoms with Crippen molar-refractivity contribution in [2.75, 3.05) is 7.11 Å². The molecule has 0 aliphatic rings. The van der Waals surface area contributed by atoms with Crippen molar-refractivity contribution in [3.63, 3.8) is 0 Å². The van der Waals surface area contributed by atoms with Gasteiger partial charge in [-0.3, -0.25) is 0 Å². The molecule has 7 nitrogen and oxygen atoms in total. The minimum atomic E-state index is -0.512. The van der Waals surface area contributed by atoms with Crippen LogP contribution < -0.4 is 4.74 Å². The summed E-state index contributed by atoms with van der Waals surface area (Å²) < 4.78 is 5.03. The van der Waals surface area contributed by atoms with Crippen LogP contribution in [-0.2, 0) is 0 Å². The number of hydrogen-bond acceptors (Lipinski definition) is 3.